The third kappa shape index (κ3) is 3.55. The van der Waals surface area contributed by atoms with Crippen molar-refractivity contribution in [2.75, 3.05) is 19.6 Å². The average molecular weight is 353 g/mol. The largest absolute Gasteiger partial charge is 0.468 e. The molecule has 0 radical (unpaired) electrons. The quantitative estimate of drug-likeness (QED) is 0.858. The number of rotatable bonds is 6. The van der Waals surface area contributed by atoms with E-state index >= 15 is 0 Å². The molecular formula is C16H23N3O4S. The maximum Gasteiger partial charge on any atom is 0.246 e. The molecule has 1 aliphatic rings. The number of aromatic nitrogens is 1. The zero-order chi connectivity index (χ0) is 17.2. The average Bonchev–Trinajstić information content (AvgIpc) is 3.19. The van der Waals surface area contributed by atoms with Gasteiger partial charge in [0, 0.05) is 6.54 Å². The van der Waals surface area contributed by atoms with Crippen molar-refractivity contribution in [1.82, 2.24) is 14.8 Å². The van der Waals surface area contributed by atoms with E-state index in [1.165, 1.54) is 6.42 Å². The third-order valence-electron chi connectivity index (χ3n) is 4.41. The lowest BCUT2D eigenvalue weighted by molar-refractivity contribution is 0.147. The van der Waals surface area contributed by atoms with Gasteiger partial charge in [-0.1, -0.05) is 11.6 Å². The lowest BCUT2D eigenvalue weighted by Crippen LogP contribution is -2.40. The molecule has 1 atom stereocenters. The van der Waals surface area contributed by atoms with Crippen molar-refractivity contribution in [2.24, 2.45) is 0 Å². The Hall–Kier alpha value is -1.64. The van der Waals surface area contributed by atoms with Crippen LogP contribution in [0.2, 0.25) is 0 Å². The van der Waals surface area contributed by atoms with Gasteiger partial charge in [-0.3, -0.25) is 4.90 Å². The fourth-order valence-corrected chi connectivity index (χ4v) is 4.60. The Kier molecular flexibility index (Phi) is 5.07. The van der Waals surface area contributed by atoms with E-state index in [-0.39, 0.29) is 17.5 Å². The number of aryl methyl sites for hydroxylation is 2. The molecule has 132 valence electrons. The van der Waals surface area contributed by atoms with Crippen LogP contribution in [-0.4, -0.2) is 38.1 Å². The van der Waals surface area contributed by atoms with Gasteiger partial charge in [0.25, 0.3) is 0 Å². The molecule has 1 fully saturated rings. The predicted molar refractivity (Wildman–Crippen MR) is 88.0 cm³/mol. The molecule has 0 amide bonds. The molecule has 1 saturated heterocycles. The van der Waals surface area contributed by atoms with E-state index in [9.17, 15) is 8.42 Å². The first-order chi connectivity index (χ1) is 11.5. The summed E-state index contributed by atoms with van der Waals surface area (Å²) in [6, 6.07) is 3.61. The van der Waals surface area contributed by atoms with Crippen LogP contribution in [0.3, 0.4) is 0 Å². The lowest BCUT2D eigenvalue weighted by Gasteiger charge is -2.33. The van der Waals surface area contributed by atoms with Crippen molar-refractivity contribution in [3.05, 3.63) is 35.6 Å². The summed E-state index contributed by atoms with van der Waals surface area (Å²) >= 11 is 0. The fourth-order valence-electron chi connectivity index (χ4n) is 3.24. The number of nitrogens with zero attached hydrogens (tertiary/aromatic N) is 2. The molecule has 2 aromatic heterocycles. The van der Waals surface area contributed by atoms with Crippen LogP contribution in [0.5, 0.6) is 0 Å². The van der Waals surface area contributed by atoms with Gasteiger partial charge in [-0.05, 0) is 51.9 Å². The van der Waals surface area contributed by atoms with E-state index in [0.29, 0.717) is 11.5 Å². The molecule has 2 aromatic rings. The zero-order valence-electron chi connectivity index (χ0n) is 14.0. The minimum Gasteiger partial charge on any atom is -0.468 e. The fraction of sp³-hybridized carbons (Fsp3) is 0.562. The second-order valence-electron chi connectivity index (χ2n) is 6.13. The van der Waals surface area contributed by atoms with Gasteiger partial charge in [0.2, 0.25) is 10.0 Å². The number of piperidine rings is 1. The molecule has 0 aliphatic carbocycles. The van der Waals surface area contributed by atoms with Crippen LogP contribution in [0, 0.1) is 13.8 Å². The molecule has 1 aliphatic heterocycles. The van der Waals surface area contributed by atoms with Crippen molar-refractivity contribution in [3.63, 3.8) is 0 Å². The molecule has 1 N–H and O–H groups in total. The second kappa shape index (κ2) is 7.08. The third-order valence-corrected chi connectivity index (χ3v) is 6.07. The highest BCUT2D eigenvalue weighted by Crippen LogP contribution is 2.26. The first-order valence-electron chi connectivity index (χ1n) is 8.19. The summed E-state index contributed by atoms with van der Waals surface area (Å²) in [4.78, 5) is 2.40. The molecule has 0 spiro atoms. The molecule has 7 nitrogen and oxygen atoms in total. The van der Waals surface area contributed by atoms with Gasteiger partial charge in [-0.2, -0.15) is 0 Å². The maximum atomic E-state index is 12.6. The van der Waals surface area contributed by atoms with Crippen molar-refractivity contribution in [1.29, 1.82) is 0 Å². The number of furan rings is 1. The van der Waals surface area contributed by atoms with Gasteiger partial charge in [0.05, 0.1) is 12.3 Å². The first-order valence-corrected chi connectivity index (χ1v) is 9.67. The van der Waals surface area contributed by atoms with E-state index < -0.39 is 10.0 Å². The number of nitrogens with one attached hydrogen (secondary N) is 1. The van der Waals surface area contributed by atoms with Crippen molar-refractivity contribution < 1.29 is 17.4 Å². The topological polar surface area (TPSA) is 88.6 Å². The Labute approximate surface area is 142 Å². The summed E-state index contributed by atoms with van der Waals surface area (Å²) in [6.07, 6.45) is 5.07. The van der Waals surface area contributed by atoms with E-state index in [1.807, 2.05) is 12.1 Å². The van der Waals surface area contributed by atoms with Crippen LogP contribution in [0.25, 0.3) is 0 Å². The van der Waals surface area contributed by atoms with Crippen molar-refractivity contribution >= 4 is 10.0 Å². The molecule has 3 heterocycles. The van der Waals surface area contributed by atoms with E-state index in [0.717, 1.165) is 31.7 Å². The predicted octanol–water partition coefficient (Wildman–Crippen LogP) is 2.39. The Morgan fingerprint density at radius 3 is 2.62 bits per heavy atom. The summed E-state index contributed by atoms with van der Waals surface area (Å²) in [6.45, 7) is 5.36. The highest BCUT2D eigenvalue weighted by atomic mass is 32.2. The van der Waals surface area contributed by atoms with Gasteiger partial charge >= 0.3 is 0 Å². The molecule has 8 heteroatoms. The van der Waals surface area contributed by atoms with E-state index in [1.54, 1.807) is 20.1 Å². The summed E-state index contributed by atoms with van der Waals surface area (Å²) < 4.78 is 38.5. The SMILES string of the molecule is Cc1noc(C)c1S(=O)(=O)NC[C@@H](c1ccco1)N1CCCCC1. The highest BCUT2D eigenvalue weighted by Gasteiger charge is 2.29. The van der Waals surface area contributed by atoms with Crippen LogP contribution >= 0.6 is 0 Å². The molecule has 0 saturated carbocycles. The van der Waals surface area contributed by atoms with E-state index in [4.69, 9.17) is 8.94 Å². The zero-order valence-corrected chi connectivity index (χ0v) is 14.8. The van der Waals surface area contributed by atoms with Crippen LogP contribution in [0.15, 0.2) is 32.2 Å². The highest BCUT2D eigenvalue weighted by molar-refractivity contribution is 7.89. The summed E-state index contributed by atoms with van der Waals surface area (Å²) in [5, 5.41) is 3.73. The van der Waals surface area contributed by atoms with Gasteiger partial charge in [-0.15, -0.1) is 0 Å². The number of hydrogen-bond donors (Lipinski definition) is 1. The molecule has 3 rings (SSSR count). The standard InChI is InChI=1S/C16H23N3O4S/c1-12-16(13(2)23-18-12)24(20,21)17-11-14(15-7-6-10-22-15)19-8-4-3-5-9-19/h6-7,10,14,17H,3-5,8-9,11H2,1-2H3/t14-/m0/s1. The molecule has 24 heavy (non-hydrogen) atoms. The van der Waals surface area contributed by atoms with Crippen LogP contribution < -0.4 is 4.72 Å². The first kappa shape index (κ1) is 17.2. The van der Waals surface area contributed by atoms with Gasteiger partial charge < -0.3 is 8.94 Å². The smallest absolute Gasteiger partial charge is 0.246 e. The number of likely N-dealkylation sites (tertiary alicyclic amines) is 1. The Morgan fingerprint density at radius 1 is 1.29 bits per heavy atom. The van der Waals surface area contributed by atoms with Gasteiger partial charge in [-0.25, -0.2) is 13.1 Å². The summed E-state index contributed by atoms with van der Waals surface area (Å²) in [7, 11) is -3.68. The Balaban J connectivity index is 1.78. The molecular weight excluding hydrogens is 330 g/mol. The molecule has 0 bridgehead atoms. The van der Waals surface area contributed by atoms with Crippen LogP contribution in [-0.2, 0) is 10.0 Å². The maximum absolute atomic E-state index is 12.6. The lowest BCUT2D eigenvalue weighted by atomic mass is 10.1. The Morgan fingerprint density at radius 2 is 2.04 bits per heavy atom. The minimum absolute atomic E-state index is 0.115. The number of sulfonamides is 1. The summed E-state index contributed by atoms with van der Waals surface area (Å²) in [5.74, 6) is 1.07. The van der Waals surface area contributed by atoms with Crippen LogP contribution in [0.4, 0.5) is 0 Å². The van der Waals surface area contributed by atoms with Crippen molar-refractivity contribution in [2.45, 2.75) is 44.0 Å². The second-order valence-corrected chi connectivity index (χ2v) is 7.84. The number of hydrogen-bond acceptors (Lipinski definition) is 6. The molecule has 0 aromatic carbocycles. The monoisotopic (exact) mass is 353 g/mol. The molecule has 0 unspecified atom stereocenters. The van der Waals surface area contributed by atoms with Crippen LogP contribution in [0.1, 0.15) is 42.5 Å². The minimum atomic E-state index is -3.68. The van der Waals surface area contributed by atoms with Crippen molar-refractivity contribution in [3.8, 4) is 0 Å². The van der Waals surface area contributed by atoms with Gasteiger partial charge in [0.15, 0.2) is 5.76 Å². The summed E-state index contributed by atoms with van der Waals surface area (Å²) in [5.41, 5.74) is 0.368. The normalized spacial score (nSPS) is 17.9. The Bertz CT molecular complexity index is 742. The van der Waals surface area contributed by atoms with E-state index in [2.05, 4.69) is 14.8 Å². The van der Waals surface area contributed by atoms with Gasteiger partial charge in [0.1, 0.15) is 16.3 Å².